The van der Waals surface area contributed by atoms with Crippen LogP contribution in [0.1, 0.15) is 21.6 Å². The number of carbonyl (C=O) groups excluding carboxylic acids is 1. The molecule has 4 rings (SSSR count). The van der Waals surface area contributed by atoms with Crippen LogP contribution in [0, 0.1) is 0 Å². The molecule has 2 aliphatic rings. The van der Waals surface area contributed by atoms with E-state index < -0.39 is 6.10 Å². The van der Waals surface area contributed by atoms with Gasteiger partial charge in [0, 0.05) is 52.4 Å². The van der Waals surface area contributed by atoms with Gasteiger partial charge in [-0.25, -0.2) is 4.98 Å². The molecule has 1 aromatic heterocycles. The molecule has 1 atom stereocenters. The van der Waals surface area contributed by atoms with Crippen LogP contribution in [0.15, 0.2) is 30.3 Å². The summed E-state index contributed by atoms with van der Waals surface area (Å²) >= 11 is 0. The number of anilines is 2. The Hall–Kier alpha value is -2.79. The summed E-state index contributed by atoms with van der Waals surface area (Å²) in [4.78, 5) is 28.3. The smallest absolute Gasteiger partial charge is 0.270 e. The molecule has 0 spiro atoms. The Morgan fingerprint density at radius 2 is 1.97 bits per heavy atom. The quantitative estimate of drug-likeness (QED) is 0.420. The number of amides is 1. The molecule has 1 fully saturated rings. The number of ether oxygens (including phenoxy) is 1. The average Bonchev–Trinajstić information content (AvgIpc) is 2.83. The molecule has 0 aliphatic carbocycles. The lowest BCUT2D eigenvalue weighted by Gasteiger charge is -2.30. The van der Waals surface area contributed by atoms with Crippen molar-refractivity contribution in [1.82, 2.24) is 25.1 Å². The van der Waals surface area contributed by atoms with Crippen molar-refractivity contribution in [2.75, 3.05) is 77.3 Å². The first-order chi connectivity index (χ1) is 16.9. The zero-order chi connectivity index (χ0) is 24.8. The van der Waals surface area contributed by atoms with E-state index in [1.54, 1.807) is 6.07 Å². The fraction of sp³-hybridized carbons (Fsp3) is 0.560. The molecule has 35 heavy (non-hydrogen) atoms. The second kappa shape index (κ2) is 11.8. The molecule has 10 heteroatoms. The average molecular weight is 484 g/mol. The molecule has 1 aromatic carbocycles. The summed E-state index contributed by atoms with van der Waals surface area (Å²) in [6.07, 6.45) is 0.306. The SMILES string of the molecule is CN(C)CCN(C)c1nc(NC2COC2)cc(C(=O)NCC(O)CN2CCc3ccccc3C2)n1. The van der Waals surface area contributed by atoms with Gasteiger partial charge in [0.2, 0.25) is 5.95 Å². The molecule has 3 heterocycles. The van der Waals surface area contributed by atoms with Crippen molar-refractivity contribution in [3.63, 3.8) is 0 Å². The molecule has 1 saturated heterocycles. The van der Waals surface area contributed by atoms with E-state index in [1.807, 2.05) is 32.1 Å². The summed E-state index contributed by atoms with van der Waals surface area (Å²) in [5.74, 6) is 0.748. The van der Waals surface area contributed by atoms with Crippen LogP contribution >= 0.6 is 0 Å². The number of aromatic nitrogens is 2. The number of hydrogen-bond acceptors (Lipinski definition) is 9. The summed E-state index contributed by atoms with van der Waals surface area (Å²) in [5.41, 5.74) is 2.95. The van der Waals surface area contributed by atoms with E-state index in [0.717, 1.165) is 32.6 Å². The number of hydrogen-bond donors (Lipinski definition) is 3. The van der Waals surface area contributed by atoms with Gasteiger partial charge in [-0.2, -0.15) is 4.98 Å². The topological polar surface area (TPSA) is 106 Å². The van der Waals surface area contributed by atoms with Crippen molar-refractivity contribution in [3.05, 3.63) is 47.2 Å². The maximum atomic E-state index is 13.0. The van der Waals surface area contributed by atoms with Crippen LogP contribution in [-0.4, -0.2) is 110 Å². The Bertz CT molecular complexity index is 999. The van der Waals surface area contributed by atoms with Crippen LogP contribution in [0.25, 0.3) is 0 Å². The van der Waals surface area contributed by atoms with Crippen molar-refractivity contribution < 1.29 is 14.6 Å². The maximum Gasteiger partial charge on any atom is 0.270 e. The van der Waals surface area contributed by atoms with E-state index in [-0.39, 0.29) is 24.2 Å². The number of aliphatic hydroxyl groups excluding tert-OH is 1. The van der Waals surface area contributed by atoms with Gasteiger partial charge in [-0.1, -0.05) is 24.3 Å². The van der Waals surface area contributed by atoms with E-state index in [9.17, 15) is 9.90 Å². The highest BCUT2D eigenvalue weighted by Crippen LogP contribution is 2.19. The number of nitrogens with zero attached hydrogens (tertiary/aromatic N) is 5. The van der Waals surface area contributed by atoms with Crippen LogP contribution in [-0.2, 0) is 17.7 Å². The van der Waals surface area contributed by atoms with E-state index in [1.165, 1.54) is 11.1 Å². The third-order valence-corrected chi connectivity index (χ3v) is 6.34. The minimum Gasteiger partial charge on any atom is -0.390 e. The minimum absolute atomic E-state index is 0.159. The Morgan fingerprint density at radius 3 is 2.69 bits per heavy atom. The minimum atomic E-state index is -0.669. The fourth-order valence-corrected chi connectivity index (χ4v) is 4.15. The van der Waals surface area contributed by atoms with Gasteiger partial charge in [-0.15, -0.1) is 0 Å². The zero-order valence-electron chi connectivity index (χ0n) is 20.9. The number of nitrogens with one attached hydrogen (secondary N) is 2. The summed E-state index contributed by atoms with van der Waals surface area (Å²) in [5, 5.41) is 16.8. The lowest BCUT2D eigenvalue weighted by atomic mass is 10.00. The maximum absolute atomic E-state index is 13.0. The highest BCUT2D eigenvalue weighted by atomic mass is 16.5. The molecular formula is C25H37N7O3. The van der Waals surface area contributed by atoms with Gasteiger partial charge in [0.05, 0.1) is 25.4 Å². The van der Waals surface area contributed by atoms with Crippen LogP contribution in [0.4, 0.5) is 11.8 Å². The Labute approximate surface area is 207 Å². The number of aliphatic hydroxyl groups is 1. The standard InChI is InChI=1S/C25H37N7O3/c1-30(2)10-11-31(3)25-28-22(12-23(29-25)27-20-16-35-17-20)24(34)26-13-21(33)15-32-9-8-18-6-4-5-7-19(18)14-32/h4-7,12,20-21,33H,8-11,13-17H2,1-3H3,(H,26,34)(H,27,28,29). The Morgan fingerprint density at radius 1 is 1.20 bits per heavy atom. The van der Waals surface area contributed by atoms with E-state index in [4.69, 9.17) is 4.74 Å². The van der Waals surface area contributed by atoms with E-state index in [2.05, 4.69) is 48.6 Å². The molecule has 2 aliphatic heterocycles. The first-order valence-corrected chi connectivity index (χ1v) is 12.2. The van der Waals surface area contributed by atoms with Gasteiger partial charge in [-0.3, -0.25) is 9.69 Å². The summed E-state index contributed by atoms with van der Waals surface area (Å²) in [7, 11) is 5.93. The summed E-state index contributed by atoms with van der Waals surface area (Å²) < 4.78 is 5.24. The Kier molecular flexibility index (Phi) is 8.50. The second-order valence-electron chi connectivity index (χ2n) is 9.66. The third kappa shape index (κ3) is 7.11. The Balaban J connectivity index is 1.35. The summed E-state index contributed by atoms with van der Waals surface area (Å²) in [6, 6.07) is 10.3. The van der Waals surface area contributed by atoms with Crippen molar-refractivity contribution in [1.29, 1.82) is 0 Å². The highest BCUT2D eigenvalue weighted by Gasteiger charge is 2.22. The molecule has 2 aromatic rings. The number of likely N-dealkylation sites (N-methyl/N-ethyl adjacent to an activating group) is 2. The van der Waals surface area contributed by atoms with Crippen molar-refractivity contribution in [3.8, 4) is 0 Å². The molecule has 0 saturated carbocycles. The molecule has 0 radical (unpaired) electrons. The van der Waals surface area contributed by atoms with E-state index >= 15 is 0 Å². The monoisotopic (exact) mass is 483 g/mol. The van der Waals surface area contributed by atoms with Crippen molar-refractivity contribution in [2.24, 2.45) is 0 Å². The molecule has 1 amide bonds. The normalized spacial score (nSPS) is 16.9. The van der Waals surface area contributed by atoms with Crippen LogP contribution < -0.4 is 15.5 Å². The third-order valence-electron chi connectivity index (χ3n) is 6.34. The second-order valence-corrected chi connectivity index (χ2v) is 9.66. The predicted molar refractivity (Wildman–Crippen MR) is 136 cm³/mol. The van der Waals surface area contributed by atoms with Gasteiger partial charge in [-0.05, 0) is 31.6 Å². The molecule has 10 nitrogen and oxygen atoms in total. The summed E-state index contributed by atoms with van der Waals surface area (Å²) in [6.45, 7) is 5.17. The lowest BCUT2D eigenvalue weighted by molar-refractivity contribution is 0.0209. The van der Waals surface area contributed by atoms with Gasteiger partial charge in [0.1, 0.15) is 11.5 Å². The molecule has 1 unspecified atom stereocenters. The molecular weight excluding hydrogens is 446 g/mol. The number of β-amino-alcohol motifs (C(OH)–C–C–N with tert-alkyl or cyclic N) is 1. The fourth-order valence-electron chi connectivity index (χ4n) is 4.15. The van der Waals surface area contributed by atoms with Crippen LogP contribution in [0.3, 0.4) is 0 Å². The number of benzene rings is 1. The predicted octanol–water partition coefficient (Wildman–Crippen LogP) is 0.434. The number of rotatable bonds is 11. The lowest BCUT2D eigenvalue weighted by Crippen LogP contribution is -2.42. The van der Waals surface area contributed by atoms with Gasteiger partial charge in [0.15, 0.2) is 0 Å². The molecule has 0 bridgehead atoms. The van der Waals surface area contributed by atoms with Crippen LogP contribution in [0.5, 0.6) is 0 Å². The highest BCUT2D eigenvalue weighted by molar-refractivity contribution is 5.93. The zero-order valence-corrected chi connectivity index (χ0v) is 20.9. The first kappa shape index (κ1) is 25.3. The number of carbonyl (C=O) groups is 1. The van der Waals surface area contributed by atoms with Crippen molar-refractivity contribution >= 4 is 17.7 Å². The first-order valence-electron chi connectivity index (χ1n) is 12.2. The number of fused-ring (bicyclic) bond motifs is 1. The van der Waals surface area contributed by atoms with E-state index in [0.29, 0.717) is 31.5 Å². The molecule has 3 N–H and O–H groups in total. The largest absolute Gasteiger partial charge is 0.390 e. The van der Waals surface area contributed by atoms with Gasteiger partial charge in [0.25, 0.3) is 5.91 Å². The van der Waals surface area contributed by atoms with Gasteiger partial charge < -0.3 is 30.3 Å². The van der Waals surface area contributed by atoms with Crippen LogP contribution in [0.2, 0.25) is 0 Å². The molecule has 190 valence electrons. The van der Waals surface area contributed by atoms with Gasteiger partial charge >= 0.3 is 0 Å². The van der Waals surface area contributed by atoms with Crippen molar-refractivity contribution in [2.45, 2.75) is 25.1 Å².